The van der Waals surface area contributed by atoms with Crippen molar-refractivity contribution in [3.8, 4) is 0 Å². The van der Waals surface area contributed by atoms with Gasteiger partial charge >= 0.3 is 0 Å². The molecule has 0 spiro atoms. The van der Waals surface area contributed by atoms with E-state index in [0.717, 1.165) is 13.1 Å². The first-order chi connectivity index (χ1) is 6.57. The van der Waals surface area contributed by atoms with Gasteiger partial charge in [0, 0.05) is 31.0 Å². The Kier molecular flexibility index (Phi) is 1.84. The average Bonchev–Trinajstić information content (AvgIpc) is 2.00. The second-order valence-electron chi connectivity index (χ2n) is 3.20. The molecule has 1 atom stereocenters. The summed E-state index contributed by atoms with van der Waals surface area (Å²) < 4.78 is 7.37. The Hall–Kier alpha value is -1.16. The number of nitrogens with zero attached hydrogens (tertiary/aromatic N) is 3. The first-order valence-electron chi connectivity index (χ1n) is 4.87. The van der Waals surface area contributed by atoms with Crippen LogP contribution >= 0.6 is 0 Å². The van der Waals surface area contributed by atoms with Gasteiger partial charge in [-0.2, -0.15) is 0 Å². The minimum Gasteiger partial charge on any atom is -0.389 e. The quantitative estimate of drug-likeness (QED) is 0.729. The molecule has 1 saturated heterocycles. The van der Waals surface area contributed by atoms with Gasteiger partial charge in [-0.3, -0.25) is 0 Å². The van der Waals surface area contributed by atoms with E-state index < -0.39 is 6.08 Å². The van der Waals surface area contributed by atoms with Crippen LogP contribution in [0.15, 0.2) is 12.4 Å². The monoisotopic (exact) mass is 180 g/mol. The van der Waals surface area contributed by atoms with Gasteiger partial charge in [-0.25, -0.2) is 9.97 Å². The van der Waals surface area contributed by atoms with Gasteiger partial charge in [-0.05, 0) is 13.3 Å². The van der Waals surface area contributed by atoms with Crippen LogP contribution in [0.25, 0.3) is 0 Å². The van der Waals surface area contributed by atoms with E-state index in [2.05, 4.69) is 14.9 Å². The summed E-state index contributed by atoms with van der Waals surface area (Å²) in [4.78, 5) is 10.3. The van der Waals surface area contributed by atoms with E-state index in [1.54, 1.807) is 0 Å². The second-order valence-corrected chi connectivity index (χ2v) is 3.20. The molecule has 0 aliphatic carbocycles. The van der Waals surface area contributed by atoms with E-state index in [1.807, 2.05) is 0 Å². The van der Waals surface area contributed by atoms with Gasteiger partial charge in [-0.15, -0.1) is 0 Å². The Morgan fingerprint density at radius 1 is 1.54 bits per heavy atom. The van der Waals surface area contributed by atoms with Crippen molar-refractivity contribution in [2.75, 3.05) is 18.0 Å². The Morgan fingerprint density at radius 2 is 2.15 bits per heavy atom. The lowest BCUT2D eigenvalue weighted by Crippen LogP contribution is -2.38. The zero-order chi connectivity index (χ0) is 10.2. The molecule has 0 amide bonds. The van der Waals surface area contributed by atoms with Crippen molar-refractivity contribution < 1.29 is 6.48 Å². The van der Waals surface area contributed by atoms with Gasteiger partial charge in [0.15, 0.2) is 0 Å². The lowest BCUT2D eigenvalue weighted by molar-refractivity contribution is 0.198. The van der Waals surface area contributed by atoms with E-state index in [9.17, 15) is 5.11 Å². The van der Waals surface area contributed by atoms with Gasteiger partial charge < -0.3 is 10.0 Å². The molecule has 13 heavy (non-hydrogen) atoms. The summed E-state index contributed by atoms with van der Waals surface area (Å²) in [6, 6.07) is 0. The molecule has 1 aromatic rings. The molecule has 1 aromatic heterocycles. The van der Waals surface area contributed by atoms with Crippen LogP contribution in [0, 0.1) is 0 Å². The average molecular weight is 180 g/mol. The molecule has 1 aliphatic rings. The van der Waals surface area contributed by atoms with Crippen molar-refractivity contribution in [1.82, 2.24) is 9.97 Å². The molecule has 2 heterocycles. The van der Waals surface area contributed by atoms with Crippen molar-refractivity contribution in [3.63, 3.8) is 0 Å². The Bertz CT molecular complexity index is 316. The standard InChI is InChI=1S/C9H13N3O/c1-7(13)8-5-10-9(11-6-8)12-3-2-4-12/h5-7,13H,2-4H2,1H3/i7D. The number of aromatic nitrogens is 2. The maximum atomic E-state index is 9.36. The molecule has 1 N–H and O–H groups in total. The third kappa shape index (κ3) is 1.62. The fraction of sp³-hybridized carbons (Fsp3) is 0.556. The molecule has 70 valence electrons. The van der Waals surface area contributed by atoms with Crippen molar-refractivity contribution in [1.29, 1.82) is 0 Å². The predicted molar refractivity (Wildman–Crippen MR) is 49.5 cm³/mol. The highest BCUT2D eigenvalue weighted by Gasteiger charge is 2.16. The number of rotatable bonds is 2. The van der Waals surface area contributed by atoms with E-state index in [4.69, 9.17) is 1.37 Å². The van der Waals surface area contributed by atoms with E-state index in [1.165, 1.54) is 25.7 Å². The number of aliphatic hydroxyl groups is 1. The van der Waals surface area contributed by atoms with Gasteiger partial charge in [0.25, 0.3) is 0 Å². The van der Waals surface area contributed by atoms with Crippen molar-refractivity contribution >= 4 is 5.95 Å². The highest BCUT2D eigenvalue weighted by Crippen LogP contribution is 2.16. The molecule has 0 radical (unpaired) electrons. The van der Waals surface area contributed by atoms with Crippen LogP contribution in [0.3, 0.4) is 0 Å². The van der Waals surface area contributed by atoms with Crippen LogP contribution < -0.4 is 4.90 Å². The summed E-state index contributed by atoms with van der Waals surface area (Å²) in [6.07, 6.45) is 2.59. The number of hydrogen-bond donors (Lipinski definition) is 1. The van der Waals surface area contributed by atoms with Gasteiger partial charge in [0.2, 0.25) is 5.95 Å². The Labute approximate surface area is 78.6 Å². The lowest BCUT2D eigenvalue weighted by Gasteiger charge is -2.30. The molecular weight excluding hydrogens is 166 g/mol. The largest absolute Gasteiger partial charge is 0.389 e. The normalized spacial score (nSPS) is 21.7. The van der Waals surface area contributed by atoms with Crippen molar-refractivity contribution in [2.45, 2.75) is 19.4 Å². The van der Waals surface area contributed by atoms with Crippen molar-refractivity contribution in [2.24, 2.45) is 0 Å². The third-order valence-electron chi connectivity index (χ3n) is 2.19. The summed E-state index contributed by atoms with van der Waals surface area (Å²) in [5, 5.41) is 9.36. The predicted octanol–water partition coefficient (Wildman–Crippen LogP) is 0.740. The summed E-state index contributed by atoms with van der Waals surface area (Å²) in [5.41, 5.74) is 0.418. The Balaban J connectivity index is 2.17. The highest BCUT2D eigenvalue weighted by molar-refractivity contribution is 5.32. The summed E-state index contributed by atoms with van der Waals surface area (Å²) in [5.74, 6) is 0.684. The molecule has 1 unspecified atom stereocenters. The summed E-state index contributed by atoms with van der Waals surface area (Å²) in [6.45, 7) is 3.39. The van der Waals surface area contributed by atoms with Crippen LogP contribution in [0.2, 0.25) is 0 Å². The summed E-state index contributed by atoms with van der Waals surface area (Å²) >= 11 is 0. The zero-order valence-corrected chi connectivity index (χ0v) is 7.56. The molecule has 0 bridgehead atoms. The van der Waals surface area contributed by atoms with E-state index in [0.29, 0.717) is 11.5 Å². The molecule has 4 heteroatoms. The van der Waals surface area contributed by atoms with Crippen LogP contribution in [-0.2, 0) is 0 Å². The Morgan fingerprint density at radius 3 is 2.54 bits per heavy atom. The van der Waals surface area contributed by atoms with E-state index in [-0.39, 0.29) is 0 Å². The minimum absolute atomic E-state index is 0.418. The first kappa shape index (κ1) is 7.26. The topological polar surface area (TPSA) is 49.3 Å². The van der Waals surface area contributed by atoms with Crippen LogP contribution in [0.4, 0.5) is 5.95 Å². The molecule has 2 rings (SSSR count). The fourth-order valence-electron chi connectivity index (χ4n) is 1.19. The molecule has 4 nitrogen and oxygen atoms in total. The van der Waals surface area contributed by atoms with Crippen LogP contribution in [0.1, 0.15) is 26.4 Å². The maximum absolute atomic E-state index is 9.36. The van der Waals surface area contributed by atoms with Gasteiger partial charge in [-0.1, -0.05) is 0 Å². The molecule has 1 fully saturated rings. The van der Waals surface area contributed by atoms with E-state index >= 15 is 0 Å². The smallest absolute Gasteiger partial charge is 0.225 e. The molecule has 0 saturated carbocycles. The van der Waals surface area contributed by atoms with Crippen molar-refractivity contribution in [3.05, 3.63) is 18.0 Å². The third-order valence-corrected chi connectivity index (χ3v) is 2.19. The van der Waals surface area contributed by atoms with Crippen LogP contribution in [0.5, 0.6) is 0 Å². The molecular formula is C9H13N3O. The molecule has 0 aromatic carbocycles. The number of hydrogen-bond acceptors (Lipinski definition) is 4. The SMILES string of the molecule is [2H]C(C)(O)c1cnc(N2CCC2)nc1. The fourth-order valence-corrected chi connectivity index (χ4v) is 1.19. The first-order valence-corrected chi connectivity index (χ1v) is 4.37. The maximum Gasteiger partial charge on any atom is 0.225 e. The van der Waals surface area contributed by atoms with Crippen LogP contribution in [-0.4, -0.2) is 28.2 Å². The van der Waals surface area contributed by atoms with Gasteiger partial charge in [0.1, 0.15) is 0 Å². The lowest BCUT2D eigenvalue weighted by atomic mass is 10.2. The molecule has 1 aliphatic heterocycles. The zero-order valence-electron chi connectivity index (χ0n) is 8.56. The van der Waals surface area contributed by atoms with Gasteiger partial charge in [0.05, 0.1) is 7.45 Å². The second kappa shape index (κ2) is 3.30. The highest BCUT2D eigenvalue weighted by atomic mass is 16.3. The summed E-state index contributed by atoms with van der Waals surface area (Å²) in [7, 11) is 0. The number of anilines is 1. The minimum atomic E-state index is -1.60.